The molecular weight excluding hydrogens is 220 g/mol. The van der Waals surface area contributed by atoms with Crippen molar-refractivity contribution < 1.29 is 9.32 Å². The summed E-state index contributed by atoms with van der Waals surface area (Å²) in [4.78, 5) is 15.8. The SMILES string of the molecule is CCNC(=O)c1noc(C2(CC)CCCN2)n1. The van der Waals surface area contributed by atoms with E-state index in [4.69, 9.17) is 4.52 Å². The number of carbonyl (C=O) groups is 1. The van der Waals surface area contributed by atoms with Crippen LogP contribution in [0, 0.1) is 0 Å². The van der Waals surface area contributed by atoms with Gasteiger partial charge in [0.15, 0.2) is 0 Å². The largest absolute Gasteiger partial charge is 0.349 e. The molecule has 17 heavy (non-hydrogen) atoms. The number of nitrogens with one attached hydrogen (secondary N) is 2. The van der Waals surface area contributed by atoms with Crippen LogP contribution in [-0.2, 0) is 5.54 Å². The lowest BCUT2D eigenvalue weighted by Crippen LogP contribution is -2.36. The Balaban J connectivity index is 2.19. The highest BCUT2D eigenvalue weighted by Gasteiger charge is 2.39. The van der Waals surface area contributed by atoms with Gasteiger partial charge in [-0.1, -0.05) is 12.1 Å². The van der Waals surface area contributed by atoms with Crippen molar-refractivity contribution in [3.63, 3.8) is 0 Å². The van der Waals surface area contributed by atoms with E-state index < -0.39 is 0 Å². The second-order valence-electron chi connectivity index (χ2n) is 4.25. The Kier molecular flexibility index (Phi) is 3.42. The van der Waals surface area contributed by atoms with Crippen molar-refractivity contribution in [2.45, 2.75) is 38.6 Å². The van der Waals surface area contributed by atoms with Crippen LogP contribution in [0.4, 0.5) is 0 Å². The minimum absolute atomic E-state index is 0.114. The third-order valence-corrected chi connectivity index (χ3v) is 3.22. The molecule has 1 fully saturated rings. The lowest BCUT2D eigenvalue weighted by molar-refractivity contribution is 0.0942. The minimum Gasteiger partial charge on any atom is -0.349 e. The Labute approximate surface area is 100 Å². The first kappa shape index (κ1) is 12.0. The number of hydrogen-bond donors (Lipinski definition) is 2. The van der Waals surface area contributed by atoms with Gasteiger partial charge in [0.2, 0.25) is 5.89 Å². The molecule has 1 saturated heterocycles. The number of carbonyl (C=O) groups excluding carboxylic acids is 1. The van der Waals surface area contributed by atoms with E-state index in [-0.39, 0.29) is 17.3 Å². The molecule has 0 saturated carbocycles. The summed E-state index contributed by atoms with van der Waals surface area (Å²) in [5.74, 6) is 0.355. The van der Waals surface area contributed by atoms with Crippen LogP contribution in [0.3, 0.4) is 0 Å². The molecule has 6 heteroatoms. The maximum absolute atomic E-state index is 11.5. The van der Waals surface area contributed by atoms with E-state index in [0.29, 0.717) is 12.4 Å². The average molecular weight is 238 g/mol. The average Bonchev–Trinajstić information content (AvgIpc) is 2.99. The molecule has 0 radical (unpaired) electrons. The standard InChI is InChI=1S/C11H18N4O2/c1-3-11(6-5-7-13-11)10-14-8(15-17-10)9(16)12-4-2/h13H,3-7H2,1-2H3,(H,12,16). The first-order valence-electron chi connectivity index (χ1n) is 6.09. The van der Waals surface area contributed by atoms with Crippen molar-refractivity contribution in [1.29, 1.82) is 0 Å². The first-order chi connectivity index (χ1) is 8.22. The van der Waals surface area contributed by atoms with Crippen LogP contribution in [0.1, 0.15) is 49.6 Å². The zero-order chi connectivity index (χ0) is 12.3. The third kappa shape index (κ3) is 2.17. The fraction of sp³-hybridized carbons (Fsp3) is 0.727. The lowest BCUT2D eigenvalue weighted by Gasteiger charge is -2.22. The van der Waals surface area contributed by atoms with Gasteiger partial charge in [0, 0.05) is 6.54 Å². The molecule has 2 N–H and O–H groups in total. The molecule has 2 heterocycles. The molecule has 1 aliphatic heterocycles. The smallest absolute Gasteiger partial charge is 0.292 e. The Morgan fingerprint density at radius 3 is 3.00 bits per heavy atom. The van der Waals surface area contributed by atoms with Crippen molar-refractivity contribution >= 4 is 5.91 Å². The van der Waals surface area contributed by atoms with E-state index in [1.807, 2.05) is 6.92 Å². The number of amides is 1. The summed E-state index contributed by atoms with van der Waals surface area (Å²) < 4.78 is 5.23. The fourth-order valence-corrected chi connectivity index (χ4v) is 2.19. The molecule has 0 aliphatic carbocycles. The summed E-state index contributed by atoms with van der Waals surface area (Å²) in [6, 6.07) is 0. The topological polar surface area (TPSA) is 80.0 Å². The summed E-state index contributed by atoms with van der Waals surface area (Å²) >= 11 is 0. The molecule has 1 aromatic heterocycles. The highest BCUT2D eigenvalue weighted by molar-refractivity contribution is 5.90. The van der Waals surface area contributed by atoms with Crippen molar-refractivity contribution in [2.24, 2.45) is 0 Å². The van der Waals surface area contributed by atoms with Gasteiger partial charge in [-0.25, -0.2) is 0 Å². The Morgan fingerprint density at radius 1 is 1.59 bits per heavy atom. The zero-order valence-corrected chi connectivity index (χ0v) is 10.2. The van der Waals surface area contributed by atoms with E-state index in [1.165, 1.54) is 0 Å². The van der Waals surface area contributed by atoms with Crippen molar-refractivity contribution in [1.82, 2.24) is 20.8 Å². The monoisotopic (exact) mass is 238 g/mol. The zero-order valence-electron chi connectivity index (χ0n) is 10.2. The van der Waals surface area contributed by atoms with Crippen LogP contribution < -0.4 is 10.6 Å². The second-order valence-corrected chi connectivity index (χ2v) is 4.25. The minimum atomic E-state index is -0.285. The van der Waals surface area contributed by atoms with Crippen LogP contribution in [0.2, 0.25) is 0 Å². The number of hydrogen-bond acceptors (Lipinski definition) is 5. The van der Waals surface area contributed by atoms with E-state index >= 15 is 0 Å². The van der Waals surface area contributed by atoms with Gasteiger partial charge in [-0.15, -0.1) is 0 Å². The second kappa shape index (κ2) is 4.83. The molecule has 6 nitrogen and oxygen atoms in total. The highest BCUT2D eigenvalue weighted by atomic mass is 16.5. The van der Waals surface area contributed by atoms with E-state index in [9.17, 15) is 4.79 Å². The van der Waals surface area contributed by atoms with Crippen LogP contribution in [0.25, 0.3) is 0 Å². The molecule has 1 aromatic rings. The molecule has 1 aliphatic rings. The number of aromatic nitrogens is 2. The molecule has 94 valence electrons. The van der Waals surface area contributed by atoms with Gasteiger partial charge in [0.1, 0.15) is 0 Å². The molecule has 1 unspecified atom stereocenters. The number of nitrogens with zero attached hydrogens (tertiary/aromatic N) is 2. The fourth-order valence-electron chi connectivity index (χ4n) is 2.19. The summed E-state index contributed by atoms with van der Waals surface area (Å²) in [5, 5.41) is 9.78. The highest BCUT2D eigenvalue weighted by Crippen LogP contribution is 2.32. The maximum atomic E-state index is 11.5. The molecule has 0 bridgehead atoms. The van der Waals surface area contributed by atoms with E-state index in [1.54, 1.807) is 0 Å². The molecule has 0 aromatic carbocycles. The molecule has 0 spiro atoms. The molecule has 1 atom stereocenters. The van der Waals surface area contributed by atoms with Gasteiger partial charge in [-0.3, -0.25) is 4.79 Å². The van der Waals surface area contributed by atoms with Gasteiger partial charge in [0.25, 0.3) is 11.7 Å². The Bertz CT molecular complexity index is 396. The van der Waals surface area contributed by atoms with Gasteiger partial charge in [-0.05, 0) is 32.7 Å². The van der Waals surface area contributed by atoms with Crippen LogP contribution in [0.5, 0.6) is 0 Å². The van der Waals surface area contributed by atoms with E-state index in [0.717, 1.165) is 25.8 Å². The van der Waals surface area contributed by atoms with Gasteiger partial charge < -0.3 is 15.2 Å². The summed E-state index contributed by atoms with van der Waals surface area (Å²) in [6.07, 6.45) is 2.94. The maximum Gasteiger partial charge on any atom is 0.292 e. The third-order valence-electron chi connectivity index (χ3n) is 3.22. The predicted molar refractivity (Wildman–Crippen MR) is 61.5 cm³/mol. The van der Waals surface area contributed by atoms with Gasteiger partial charge in [-0.2, -0.15) is 4.98 Å². The lowest BCUT2D eigenvalue weighted by atomic mass is 9.94. The molecule has 1 amide bonds. The van der Waals surface area contributed by atoms with Crippen molar-refractivity contribution in [2.75, 3.05) is 13.1 Å². The van der Waals surface area contributed by atoms with Gasteiger partial charge in [0.05, 0.1) is 5.54 Å². The number of rotatable bonds is 4. The normalized spacial score (nSPS) is 23.9. The van der Waals surface area contributed by atoms with Crippen LogP contribution in [-0.4, -0.2) is 29.1 Å². The molecular formula is C11H18N4O2. The first-order valence-corrected chi connectivity index (χ1v) is 6.09. The van der Waals surface area contributed by atoms with Crippen molar-refractivity contribution in [3.8, 4) is 0 Å². The molecule has 2 rings (SSSR count). The Hall–Kier alpha value is -1.43. The van der Waals surface area contributed by atoms with Crippen LogP contribution >= 0.6 is 0 Å². The summed E-state index contributed by atoms with van der Waals surface area (Å²) in [5.41, 5.74) is -0.238. The van der Waals surface area contributed by atoms with Crippen LogP contribution in [0.15, 0.2) is 4.52 Å². The quantitative estimate of drug-likeness (QED) is 0.811. The summed E-state index contributed by atoms with van der Waals surface area (Å²) in [7, 11) is 0. The van der Waals surface area contributed by atoms with E-state index in [2.05, 4.69) is 27.7 Å². The summed E-state index contributed by atoms with van der Waals surface area (Å²) in [6.45, 7) is 5.44. The van der Waals surface area contributed by atoms with Gasteiger partial charge >= 0.3 is 0 Å². The Morgan fingerprint density at radius 2 is 2.41 bits per heavy atom. The van der Waals surface area contributed by atoms with Crippen molar-refractivity contribution in [3.05, 3.63) is 11.7 Å². The predicted octanol–water partition coefficient (Wildman–Crippen LogP) is 0.808.